The molecule has 0 unspecified atom stereocenters. The highest BCUT2D eigenvalue weighted by atomic mass is 16.2. The standard InChI is InChI=1S/C27H22N2O2/c1-29(25-13-6-3-7-14-25)27(31)23-11-8-12-24(19-23)28-26(30)22-17-15-21(16-18-22)20-9-4-2-5-10-20/h2-19H,1H3,(H,28,30). The largest absolute Gasteiger partial charge is 0.322 e. The molecule has 0 fully saturated rings. The van der Waals surface area contributed by atoms with Gasteiger partial charge in [0.15, 0.2) is 0 Å². The van der Waals surface area contributed by atoms with E-state index in [1.165, 1.54) is 0 Å². The van der Waals surface area contributed by atoms with Crippen molar-refractivity contribution < 1.29 is 9.59 Å². The molecule has 1 N–H and O–H groups in total. The molecule has 0 bridgehead atoms. The first kappa shape index (κ1) is 20.1. The van der Waals surface area contributed by atoms with E-state index < -0.39 is 0 Å². The molecule has 0 aliphatic rings. The summed E-state index contributed by atoms with van der Waals surface area (Å²) in [5, 5.41) is 2.88. The second-order valence-electron chi connectivity index (χ2n) is 7.18. The van der Waals surface area contributed by atoms with E-state index in [9.17, 15) is 9.59 Å². The maximum absolute atomic E-state index is 12.8. The lowest BCUT2D eigenvalue weighted by molar-refractivity contribution is 0.0990. The molecule has 0 heterocycles. The number of benzene rings is 4. The lowest BCUT2D eigenvalue weighted by atomic mass is 10.0. The van der Waals surface area contributed by atoms with Crippen LogP contribution in [0.5, 0.6) is 0 Å². The van der Waals surface area contributed by atoms with Crippen molar-refractivity contribution in [3.05, 3.63) is 120 Å². The second-order valence-corrected chi connectivity index (χ2v) is 7.18. The van der Waals surface area contributed by atoms with Gasteiger partial charge in [0.25, 0.3) is 11.8 Å². The molecule has 0 radical (unpaired) electrons. The molecule has 152 valence electrons. The SMILES string of the molecule is CN(C(=O)c1cccc(NC(=O)c2ccc(-c3ccccc3)cc2)c1)c1ccccc1. The number of amides is 2. The van der Waals surface area contributed by atoms with Crippen molar-refractivity contribution in [1.29, 1.82) is 0 Å². The highest BCUT2D eigenvalue weighted by molar-refractivity contribution is 6.08. The van der Waals surface area contributed by atoms with E-state index in [0.717, 1.165) is 16.8 Å². The number of anilines is 2. The van der Waals surface area contributed by atoms with Gasteiger partial charge in [-0.1, -0.05) is 66.7 Å². The molecular formula is C27H22N2O2. The van der Waals surface area contributed by atoms with E-state index in [2.05, 4.69) is 5.32 Å². The number of nitrogens with zero attached hydrogens (tertiary/aromatic N) is 1. The summed E-state index contributed by atoms with van der Waals surface area (Å²) in [6.07, 6.45) is 0. The van der Waals surface area contributed by atoms with Gasteiger partial charge in [-0.05, 0) is 53.6 Å². The summed E-state index contributed by atoms with van der Waals surface area (Å²) in [5.74, 6) is -0.366. The van der Waals surface area contributed by atoms with Crippen LogP contribution >= 0.6 is 0 Å². The van der Waals surface area contributed by atoms with Gasteiger partial charge in [-0.25, -0.2) is 0 Å². The van der Waals surface area contributed by atoms with Crippen LogP contribution in [0.1, 0.15) is 20.7 Å². The van der Waals surface area contributed by atoms with Crippen LogP contribution in [0.25, 0.3) is 11.1 Å². The highest BCUT2D eigenvalue weighted by Crippen LogP contribution is 2.21. The highest BCUT2D eigenvalue weighted by Gasteiger charge is 2.14. The van der Waals surface area contributed by atoms with Crippen LogP contribution < -0.4 is 10.2 Å². The number of carbonyl (C=O) groups is 2. The summed E-state index contributed by atoms with van der Waals surface area (Å²) in [7, 11) is 1.73. The smallest absolute Gasteiger partial charge is 0.258 e. The Morgan fingerprint density at radius 1 is 0.645 bits per heavy atom. The number of carbonyl (C=O) groups excluding carboxylic acids is 2. The van der Waals surface area contributed by atoms with E-state index >= 15 is 0 Å². The van der Waals surface area contributed by atoms with E-state index in [-0.39, 0.29) is 11.8 Å². The minimum absolute atomic E-state index is 0.144. The minimum atomic E-state index is -0.222. The zero-order valence-corrected chi connectivity index (χ0v) is 17.2. The van der Waals surface area contributed by atoms with Gasteiger partial charge >= 0.3 is 0 Å². The van der Waals surface area contributed by atoms with Gasteiger partial charge in [-0.2, -0.15) is 0 Å². The summed E-state index contributed by atoms with van der Waals surface area (Å²) in [5.41, 5.74) is 4.59. The third kappa shape index (κ3) is 4.70. The zero-order valence-electron chi connectivity index (χ0n) is 17.2. The molecule has 0 aliphatic heterocycles. The molecule has 4 rings (SSSR count). The van der Waals surface area contributed by atoms with Crippen molar-refractivity contribution in [1.82, 2.24) is 0 Å². The van der Waals surface area contributed by atoms with Gasteiger partial charge < -0.3 is 10.2 Å². The van der Waals surface area contributed by atoms with E-state index in [0.29, 0.717) is 16.8 Å². The first-order valence-electron chi connectivity index (χ1n) is 10.0. The minimum Gasteiger partial charge on any atom is -0.322 e. The maximum atomic E-state index is 12.8. The van der Waals surface area contributed by atoms with Crippen LogP contribution in [-0.2, 0) is 0 Å². The first-order chi connectivity index (χ1) is 15.1. The van der Waals surface area contributed by atoms with Crippen LogP contribution in [0.4, 0.5) is 11.4 Å². The van der Waals surface area contributed by atoms with E-state index in [1.807, 2.05) is 72.8 Å². The summed E-state index contributed by atoms with van der Waals surface area (Å²) in [4.78, 5) is 27.1. The average Bonchev–Trinajstić information content (AvgIpc) is 2.84. The molecule has 0 aliphatic carbocycles. The van der Waals surface area contributed by atoms with Gasteiger partial charge in [-0.15, -0.1) is 0 Å². The Labute approximate surface area is 181 Å². The molecular weight excluding hydrogens is 384 g/mol. The number of hydrogen-bond donors (Lipinski definition) is 1. The molecule has 0 atom stereocenters. The van der Waals surface area contributed by atoms with Crippen molar-refractivity contribution in [3.63, 3.8) is 0 Å². The molecule has 2 amide bonds. The molecule has 0 spiro atoms. The Hall–Kier alpha value is -4.18. The van der Waals surface area contributed by atoms with Crippen molar-refractivity contribution in [2.24, 2.45) is 0 Å². The lowest BCUT2D eigenvalue weighted by Gasteiger charge is -2.17. The monoisotopic (exact) mass is 406 g/mol. The summed E-state index contributed by atoms with van der Waals surface area (Å²) in [6, 6.07) is 33.9. The number of para-hydroxylation sites is 1. The molecule has 4 heteroatoms. The summed E-state index contributed by atoms with van der Waals surface area (Å²) < 4.78 is 0. The predicted molar refractivity (Wildman–Crippen MR) is 125 cm³/mol. The fraction of sp³-hybridized carbons (Fsp3) is 0.0370. The van der Waals surface area contributed by atoms with Gasteiger partial charge in [0, 0.05) is 29.5 Å². The second kappa shape index (κ2) is 9.09. The van der Waals surface area contributed by atoms with Crippen LogP contribution in [0.3, 0.4) is 0 Å². The van der Waals surface area contributed by atoms with E-state index in [4.69, 9.17) is 0 Å². The predicted octanol–water partition coefficient (Wildman–Crippen LogP) is 5.88. The van der Waals surface area contributed by atoms with Crippen molar-refractivity contribution >= 4 is 23.2 Å². The van der Waals surface area contributed by atoms with Gasteiger partial charge in [0.2, 0.25) is 0 Å². The van der Waals surface area contributed by atoms with Crippen LogP contribution in [-0.4, -0.2) is 18.9 Å². The van der Waals surface area contributed by atoms with Gasteiger partial charge in [0.05, 0.1) is 0 Å². The third-order valence-electron chi connectivity index (χ3n) is 5.07. The van der Waals surface area contributed by atoms with Gasteiger partial charge in [-0.3, -0.25) is 9.59 Å². The first-order valence-corrected chi connectivity index (χ1v) is 10.0. The molecule has 4 nitrogen and oxygen atoms in total. The number of rotatable bonds is 5. The molecule has 0 saturated heterocycles. The Bertz CT molecular complexity index is 1190. The summed E-state index contributed by atoms with van der Waals surface area (Å²) >= 11 is 0. The number of hydrogen-bond acceptors (Lipinski definition) is 2. The normalized spacial score (nSPS) is 10.4. The fourth-order valence-corrected chi connectivity index (χ4v) is 3.34. The Balaban J connectivity index is 1.47. The van der Waals surface area contributed by atoms with Crippen molar-refractivity contribution in [3.8, 4) is 11.1 Å². The van der Waals surface area contributed by atoms with Gasteiger partial charge in [0.1, 0.15) is 0 Å². The quantitative estimate of drug-likeness (QED) is 0.450. The zero-order chi connectivity index (χ0) is 21.6. The van der Waals surface area contributed by atoms with Crippen LogP contribution in [0, 0.1) is 0 Å². The lowest BCUT2D eigenvalue weighted by Crippen LogP contribution is -2.26. The molecule has 31 heavy (non-hydrogen) atoms. The van der Waals surface area contributed by atoms with Crippen LogP contribution in [0.15, 0.2) is 109 Å². The Morgan fingerprint density at radius 3 is 1.94 bits per heavy atom. The fourth-order valence-electron chi connectivity index (χ4n) is 3.34. The summed E-state index contributed by atoms with van der Waals surface area (Å²) in [6.45, 7) is 0. The average molecular weight is 406 g/mol. The Morgan fingerprint density at radius 2 is 1.26 bits per heavy atom. The molecule has 4 aromatic carbocycles. The van der Waals surface area contributed by atoms with Crippen molar-refractivity contribution in [2.75, 3.05) is 17.3 Å². The third-order valence-corrected chi connectivity index (χ3v) is 5.07. The van der Waals surface area contributed by atoms with E-state index in [1.54, 1.807) is 48.3 Å². The Kier molecular flexibility index (Phi) is 5.90. The van der Waals surface area contributed by atoms with Crippen molar-refractivity contribution in [2.45, 2.75) is 0 Å². The van der Waals surface area contributed by atoms with Crippen LogP contribution in [0.2, 0.25) is 0 Å². The maximum Gasteiger partial charge on any atom is 0.258 e. The molecule has 0 saturated carbocycles. The molecule has 0 aromatic heterocycles. The molecule has 4 aromatic rings. The number of nitrogens with one attached hydrogen (secondary N) is 1. The topological polar surface area (TPSA) is 49.4 Å².